The van der Waals surface area contributed by atoms with Crippen LogP contribution in [0.2, 0.25) is 0 Å². The van der Waals surface area contributed by atoms with Crippen molar-refractivity contribution in [3.63, 3.8) is 0 Å². The lowest BCUT2D eigenvalue weighted by atomic mass is 10.0. The smallest absolute Gasteiger partial charge is 0.294 e. The number of rotatable bonds is 2. The van der Waals surface area contributed by atoms with E-state index < -0.39 is 0 Å². The van der Waals surface area contributed by atoms with Crippen LogP contribution in [0, 0.1) is 0 Å². The zero-order valence-electron chi connectivity index (χ0n) is 11.1. The van der Waals surface area contributed by atoms with Crippen molar-refractivity contribution in [2.24, 2.45) is 0 Å². The van der Waals surface area contributed by atoms with Gasteiger partial charge in [0.1, 0.15) is 5.75 Å². The first-order valence-electron chi connectivity index (χ1n) is 6.43. The van der Waals surface area contributed by atoms with Gasteiger partial charge in [-0.1, -0.05) is 0 Å². The summed E-state index contributed by atoms with van der Waals surface area (Å²) >= 11 is 3.22. The summed E-state index contributed by atoms with van der Waals surface area (Å²) in [5.74, 6) is 1.06. The number of methoxy groups -OCH3 is 1. The fourth-order valence-electron chi connectivity index (χ4n) is 2.47. The third-order valence-electron chi connectivity index (χ3n) is 3.43. The first-order valence-corrected chi connectivity index (χ1v) is 7.22. The SMILES string of the molecule is COc1ccc2c(c1)CCCN2C(=O)c1ccc(Br)o1. The Balaban J connectivity index is 1.95. The molecule has 3 rings (SSSR count). The molecule has 1 amide bonds. The second-order valence-corrected chi connectivity index (χ2v) is 5.44. The van der Waals surface area contributed by atoms with Crippen LogP contribution >= 0.6 is 15.9 Å². The Kier molecular flexibility index (Phi) is 3.53. The number of ether oxygens (including phenoxy) is 1. The van der Waals surface area contributed by atoms with E-state index in [4.69, 9.17) is 9.15 Å². The molecule has 1 aromatic heterocycles. The Bertz CT molecular complexity index is 650. The average molecular weight is 336 g/mol. The summed E-state index contributed by atoms with van der Waals surface area (Å²) in [6.07, 6.45) is 1.89. The molecule has 104 valence electrons. The van der Waals surface area contributed by atoms with Gasteiger partial charge >= 0.3 is 0 Å². The van der Waals surface area contributed by atoms with Crippen molar-refractivity contribution in [1.82, 2.24) is 0 Å². The van der Waals surface area contributed by atoms with Crippen LogP contribution in [0.4, 0.5) is 5.69 Å². The molecule has 0 unspecified atom stereocenters. The molecule has 0 saturated carbocycles. The molecule has 1 aromatic carbocycles. The van der Waals surface area contributed by atoms with Gasteiger partial charge in [0.15, 0.2) is 10.4 Å². The lowest BCUT2D eigenvalue weighted by Gasteiger charge is -2.29. The fourth-order valence-corrected chi connectivity index (χ4v) is 2.78. The second-order valence-electron chi connectivity index (χ2n) is 4.66. The minimum Gasteiger partial charge on any atom is -0.497 e. The van der Waals surface area contributed by atoms with Crippen LogP contribution in [0.3, 0.4) is 0 Å². The van der Waals surface area contributed by atoms with E-state index in [-0.39, 0.29) is 5.91 Å². The normalized spacial score (nSPS) is 14.0. The van der Waals surface area contributed by atoms with Gasteiger partial charge in [0.2, 0.25) is 0 Å². The Morgan fingerprint density at radius 2 is 2.20 bits per heavy atom. The summed E-state index contributed by atoms with van der Waals surface area (Å²) in [5, 5.41) is 0. The van der Waals surface area contributed by atoms with Crippen molar-refractivity contribution in [2.45, 2.75) is 12.8 Å². The molecule has 0 spiro atoms. The van der Waals surface area contributed by atoms with Gasteiger partial charge in [0.05, 0.1) is 7.11 Å². The zero-order chi connectivity index (χ0) is 14.1. The second kappa shape index (κ2) is 5.32. The lowest BCUT2D eigenvalue weighted by Crippen LogP contribution is -2.35. The molecule has 0 radical (unpaired) electrons. The number of aryl methyl sites for hydroxylation is 1. The molecule has 1 aliphatic heterocycles. The third kappa shape index (κ3) is 2.33. The molecular weight excluding hydrogens is 322 g/mol. The quantitative estimate of drug-likeness (QED) is 0.841. The lowest BCUT2D eigenvalue weighted by molar-refractivity contribution is 0.0957. The van der Waals surface area contributed by atoms with E-state index in [9.17, 15) is 4.79 Å². The monoisotopic (exact) mass is 335 g/mol. The van der Waals surface area contributed by atoms with Gasteiger partial charge in [-0.3, -0.25) is 4.79 Å². The number of amides is 1. The summed E-state index contributed by atoms with van der Waals surface area (Å²) in [5.41, 5.74) is 2.07. The number of halogens is 1. The fraction of sp³-hybridized carbons (Fsp3) is 0.267. The van der Waals surface area contributed by atoms with Crippen molar-refractivity contribution in [2.75, 3.05) is 18.6 Å². The standard InChI is InChI=1S/C15H14BrNO3/c1-19-11-4-5-12-10(9-11)3-2-8-17(12)15(18)13-6-7-14(16)20-13/h4-7,9H,2-3,8H2,1H3. The van der Waals surface area contributed by atoms with Crippen molar-refractivity contribution < 1.29 is 13.9 Å². The molecule has 20 heavy (non-hydrogen) atoms. The van der Waals surface area contributed by atoms with Gasteiger partial charge in [0.25, 0.3) is 5.91 Å². The van der Waals surface area contributed by atoms with Gasteiger partial charge < -0.3 is 14.1 Å². The highest BCUT2D eigenvalue weighted by Crippen LogP contribution is 2.31. The Hall–Kier alpha value is -1.75. The Morgan fingerprint density at radius 1 is 1.35 bits per heavy atom. The van der Waals surface area contributed by atoms with Crippen LogP contribution in [0.1, 0.15) is 22.5 Å². The van der Waals surface area contributed by atoms with E-state index in [2.05, 4.69) is 15.9 Å². The predicted molar refractivity (Wildman–Crippen MR) is 79.4 cm³/mol. The van der Waals surface area contributed by atoms with Gasteiger partial charge in [-0.2, -0.15) is 0 Å². The number of hydrogen-bond acceptors (Lipinski definition) is 3. The summed E-state index contributed by atoms with van der Waals surface area (Å²) < 4.78 is 11.2. The van der Waals surface area contributed by atoms with Crippen LogP contribution in [0.25, 0.3) is 0 Å². The Labute approximate surface area is 125 Å². The van der Waals surface area contributed by atoms with E-state index in [0.717, 1.165) is 29.8 Å². The topological polar surface area (TPSA) is 42.7 Å². The number of nitrogens with zero attached hydrogens (tertiary/aromatic N) is 1. The van der Waals surface area contributed by atoms with E-state index in [0.29, 0.717) is 17.0 Å². The van der Waals surface area contributed by atoms with E-state index >= 15 is 0 Å². The molecule has 5 heteroatoms. The number of fused-ring (bicyclic) bond motifs is 1. The number of furan rings is 1. The van der Waals surface area contributed by atoms with Gasteiger partial charge in [-0.25, -0.2) is 0 Å². The number of carbonyl (C=O) groups excluding carboxylic acids is 1. The average Bonchev–Trinajstić information content (AvgIpc) is 2.91. The van der Waals surface area contributed by atoms with Gasteiger partial charge in [-0.15, -0.1) is 0 Å². The number of anilines is 1. The highest BCUT2D eigenvalue weighted by atomic mass is 79.9. The van der Waals surface area contributed by atoms with Crippen molar-refractivity contribution in [1.29, 1.82) is 0 Å². The molecule has 0 N–H and O–H groups in total. The molecule has 2 heterocycles. The van der Waals surface area contributed by atoms with Gasteiger partial charge in [0, 0.05) is 12.2 Å². The van der Waals surface area contributed by atoms with Gasteiger partial charge in [-0.05, 0) is 64.7 Å². The van der Waals surface area contributed by atoms with Crippen molar-refractivity contribution >= 4 is 27.5 Å². The molecule has 0 aliphatic carbocycles. The number of hydrogen-bond donors (Lipinski definition) is 0. The minimum atomic E-state index is -0.109. The molecule has 0 fully saturated rings. The summed E-state index contributed by atoms with van der Waals surface area (Å²) in [6.45, 7) is 0.705. The first kappa shape index (κ1) is 13.2. The Morgan fingerprint density at radius 3 is 2.90 bits per heavy atom. The maximum Gasteiger partial charge on any atom is 0.294 e. The summed E-state index contributed by atoms with van der Waals surface area (Å²) in [6, 6.07) is 9.22. The molecule has 1 aliphatic rings. The maximum absolute atomic E-state index is 12.5. The molecule has 0 bridgehead atoms. The number of benzene rings is 1. The largest absolute Gasteiger partial charge is 0.497 e. The minimum absolute atomic E-state index is 0.109. The van der Waals surface area contributed by atoms with Crippen LogP contribution in [0.15, 0.2) is 39.4 Å². The molecule has 0 atom stereocenters. The summed E-state index contributed by atoms with van der Waals surface area (Å²) in [4.78, 5) is 14.3. The maximum atomic E-state index is 12.5. The molecule has 4 nitrogen and oxygen atoms in total. The molecule has 0 saturated heterocycles. The van der Waals surface area contributed by atoms with Crippen molar-refractivity contribution in [3.8, 4) is 5.75 Å². The van der Waals surface area contributed by atoms with Crippen LogP contribution in [0.5, 0.6) is 5.75 Å². The third-order valence-corrected chi connectivity index (χ3v) is 3.86. The highest BCUT2D eigenvalue weighted by Gasteiger charge is 2.25. The molecular formula is C15H14BrNO3. The van der Waals surface area contributed by atoms with E-state index in [1.54, 1.807) is 24.1 Å². The number of carbonyl (C=O) groups is 1. The molecule has 2 aromatic rings. The van der Waals surface area contributed by atoms with Crippen LogP contribution < -0.4 is 9.64 Å². The first-order chi connectivity index (χ1) is 9.69. The highest BCUT2D eigenvalue weighted by molar-refractivity contribution is 9.10. The van der Waals surface area contributed by atoms with Crippen LogP contribution in [-0.2, 0) is 6.42 Å². The van der Waals surface area contributed by atoms with E-state index in [1.165, 1.54) is 0 Å². The zero-order valence-corrected chi connectivity index (χ0v) is 12.6. The summed E-state index contributed by atoms with van der Waals surface area (Å²) in [7, 11) is 1.65. The predicted octanol–water partition coefficient (Wildman–Crippen LogP) is 3.64. The van der Waals surface area contributed by atoms with Crippen molar-refractivity contribution in [3.05, 3.63) is 46.3 Å². The van der Waals surface area contributed by atoms with Crippen LogP contribution in [-0.4, -0.2) is 19.6 Å². The van der Waals surface area contributed by atoms with E-state index in [1.807, 2.05) is 18.2 Å².